The Morgan fingerprint density at radius 1 is 0.676 bits per heavy atom. The second kappa shape index (κ2) is 12.0. The Morgan fingerprint density at radius 2 is 1.18 bits per heavy atom. The monoisotopic (exact) mass is 482 g/mol. The molecule has 0 fully saturated rings. The van der Waals surface area contributed by atoms with Gasteiger partial charge in [0.25, 0.3) is 0 Å². The van der Waals surface area contributed by atoms with Gasteiger partial charge in [0.1, 0.15) is 11.5 Å². The molecule has 34 heavy (non-hydrogen) atoms. The smallest absolute Gasteiger partial charge is 0.203 e. The molecular weight excluding hydrogens is 452 g/mol. The summed E-state index contributed by atoms with van der Waals surface area (Å²) in [6, 6.07) is 19.4. The molecule has 0 saturated carbocycles. The van der Waals surface area contributed by atoms with E-state index in [1.165, 1.54) is 0 Å². The number of hydrogen-bond donors (Lipinski definition) is 1. The topological polar surface area (TPSA) is 61.4 Å². The van der Waals surface area contributed by atoms with Gasteiger partial charge in [-0.15, -0.1) is 0 Å². The van der Waals surface area contributed by atoms with Gasteiger partial charge in [0, 0.05) is 18.8 Å². The second-order valence-corrected chi connectivity index (χ2v) is 7.78. The molecule has 180 valence electrons. The van der Waals surface area contributed by atoms with Crippen LogP contribution >= 0.6 is 12.2 Å². The van der Waals surface area contributed by atoms with E-state index in [9.17, 15) is 0 Å². The molecule has 1 N–H and O–H groups in total. The number of nitrogens with zero attached hydrogens (tertiary/aromatic N) is 1. The van der Waals surface area contributed by atoms with Crippen LogP contribution in [0.5, 0.6) is 28.7 Å². The van der Waals surface area contributed by atoms with Crippen molar-refractivity contribution in [1.82, 2.24) is 4.90 Å². The zero-order valence-electron chi connectivity index (χ0n) is 20.1. The van der Waals surface area contributed by atoms with Crippen LogP contribution in [0.15, 0.2) is 60.7 Å². The fourth-order valence-electron chi connectivity index (χ4n) is 3.47. The summed E-state index contributed by atoms with van der Waals surface area (Å²) in [4.78, 5) is 2.07. The molecule has 8 heteroatoms. The van der Waals surface area contributed by atoms with Crippen LogP contribution in [-0.2, 0) is 13.1 Å². The minimum absolute atomic E-state index is 0.519. The minimum atomic E-state index is 0.519. The number of benzene rings is 3. The molecule has 0 atom stereocenters. The Balaban J connectivity index is 1.89. The van der Waals surface area contributed by atoms with E-state index in [1.807, 2.05) is 60.7 Å². The first-order valence-corrected chi connectivity index (χ1v) is 11.0. The SMILES string of the molecule is COc1ccc(CN(Cc2cc(OC)c(OC)c(OC)c2)C(=S)Nc2ccc(OC)cc2)cc1. The van der Waals surface area contributed by atoms with Crippen LogP contribution in [0.4, 0.5) is 5.69 Å². The lowest BCUT2D eigenvalue weighted by Crippen LogP contribution is -2.33. The molecule has 0 aliphatic carbocycles. The fourth-order valence-corrected chi connectivity index (χ4v) is 3.72. The zero-order valence-corrected chi connectivity index (χ0v) is 20.9. The van der Waals surface area contributed by atoms with Gasteiger partial charge in [0.2, 0.25) is 5.75 Å². The highest BCUT2D eigenvalue weighted by Crippen LogP contribution is 2.38. The van der Waals surface area contributed by atoms with Crippen molar-refractivity contribution >= 4 is 23.0 Å². The summed E-state index contributed by atoms with van der Waals surface area (Å²) in [5, 5.41) is 3.90. The van der Waals surface area contributed by atoms with Gasteiger partial charge in [-0.1, -0.05) is 12.1 Å². The normalized spacial score (nSPS) is 10.3. The molecule has 0 amide bonds. The number of methoxy groups -OCH3 is 5. The molecule has 3 rings (SSSR count). The third kappa shape index (κ3) is 6.23. The molecule has 0 radical (unpaired) electrons. The quantitative estimate of drug-likeness (QED) is 0.399. The Hall–Kier alpha value is -3.65. The van der Waals surface area contributed by atoms with E-state index in [1.54, 1.807) is 35.5 Å². The van der Waals surface area contributed by atoms with Crippen LogP contribution in [0.2, 0.25) is 0 Å². The largest absolute Gasteiger partial charge is 0.497 e. The van der Waals surface area contributed by atoms with Crippen LogP contribution in [0.25, 0.3) is 0 Å². The lowest BCUT2D eigenvalue weighted by Gasteiger charge is -2.27. The summed E-state index contributed by atoms with van der Waals surface area (Å²) in [6.45, 7) is 1.10. The third-order valence-corrected chi connectivity index (χ3v) is 5.62. The zero-order chi connectivity index (χ0) is 24.5. The molecule has 0 aromatic heterocycles. The predicted molar refractivity (Wildman–Crippen MR) is 138 cm³/mol. The van der Waals surface area contributed by atoms with Crippen molar-refractivity contribution in [3.8, 4) is 28.7 Å². The summed E-state index contributed by atoms with van der Waals surface area (Å²) in [7, 11) is 8.09. The van der Waals surface area contributed by atoms with Crippen molar-refractivity contribution in [3.05, 3.63) is 71.8 Å². The van der Waals surface area contributed by atoms with E-state index in [-0.39, 0.29) is 0 Å². The van der Waals surface area contributed by atoms with Gasteiger partial charge in [0.05, 0.1) is 35.5 Å². The maximum Gasteiger partial charge on any atom is 0.203 e. The lowest BCUT2D eigenvalue weighted by atomic mass is 10.1. The highest BCUT2D eigenvalue weighted by atomic mass is 32.1. The molecule has 0 saturated heterocycles. The summed E-state index contributed by atoms with van der Waals surface area (Å²) in [5.41, 5.74) is 2.92. The van der Waals surface area contributed by atoms with Crippen molar-refractivity contribution in [3.63, 3.8) is 0 Å². The van der Waals surface area contributed by atoms with Gasteiger partial charge in [-0.2, -0.15) is 0 Å². The minimum Gasteiger partial charge on any atom is -0.497 e. The van der Waals surface area contributed by atoms with Crippen molar-refractivity contribution in [2.45, 2.75) is 13.1 Å². The first kappa shape index (κ1) is 25.0. The first-order chi connectivity index (χ1) is 16.5. The van der Waals surface area contributed by atoms with Crippen molar-refractivity contribution in [2.24, 2.45) is 0 Å². The van der Waals surface area contributed by atoms with E-state index in [2.05, 4.69) is 10.2 Å². The van der Waals surface area contributed by atoms with Gasteiger partial charge in [-0.05, 0) is 71.9 Å². The maximum absolute atomic E-state index is 5.81. The number of thiocarbonyl (C=S) groups is 1. The Morgan fingerprint density at radius 3 is 1.65 bits per heavy atom. The van der Waals surface area contributed by atoms with Crippen molar-refractivity contribution in [2.75, 3.05) is 40.9 Å². The van der Waals surface area contributed by atoms with E-state index >= 15 is 0 Å². The Labute approximate surface area is 206 Å². The van der Waals surface area contributed by atoms with E-state index in [0.29, 0.717) is 35.5 Å². The molecular formula is C26H30N2O5S. The third-order valence-electron chi connectivity index (χ3n) is 5.26. The summed E-state index contributed by atoms with van der Waals surface area (Å²) >= 11 is 5.81. The van der Waals surface area contributed by atoms with Gasteiger partial charge in [-0.25, -0.2) is 0 Å². The van der Waals surface area contributed by atoms with Crippen LogP contribution in [0, 0.1) is 0 Å². The first-order valence-electron chi connectivity index (χ1n) is 10.6. The summed E-state index contributed by atoms with van der Waals surface area (Å²) < 4.78 is 27.0. The van der Waals surface area contributed by atoms with E-state index < -0.39 is 0 Å². The van der Waals surface area contributed by atoms with Gasteiger partial charge < -0.3 is 33.9 Å². The molecule has 0 aliphatic rings. The molecule has 3 aromatic carbocycles. The van der Waals surface area contributed by atoms with Gasteiger partial charge >= 0.3 is 0 Å². The lowest BCUT2D eigenvalue weighted by molar-refractivity contribution is 0.322. The van der Waals surface area contributed by atoms with Gasteiger partial charge in [0.15, 0.2) is 16.6 Å². The Kier molecular flexibility index (Phi) is 8.81. The van der Waals surface area contributed by atoms with E-state index in [4.69, 9.17) is 35.9 Å². The Bertz CT molecular complexity index is 1060. The molecule has 0 heterocycles. The van der Waals surface area contributed by atoms with Gasteiger partial charge in [-0.3, -0.25) is 0 Å². The average Bonchev–Trinajstić information content (AvgIpc) is 2.88. The van der Waals surface area contributed by atoms with Crippen molar-refractivity contribution < 1.29 is 23.7 Å². The fraction of sp³-hybridized carbons (Fsp3) is 0.269. The standard InChI is InChI=1S/C26H30N2O5S/c1-29-21-10-6-18(7-11-21)16-28(26(34)27-20-8-12-22(30-2)13-9-20)17-19-14-23(31-3)25(33-5)24(15-19)32-4/h6-15H,16-17H2,1-5H3,(H,27,34). The van der Waals surface area contributed by atoms with Crippen LogP contribution < -0.4 is 29.0 Å². The molecule has 0 spiro atoms. The number of hydrogen-bond acceptors (Lipinski definition) is 6. The van der Waals surface area contributed by atoms with E-state index in [0.717, 1.165) is 28.3 Å². The molecule has 7 nitrogen and oxygen atoms in total. The van der Waals surface area contributed by atoms with Crippen LogP contribution in [0.1, 0.15) is 11.1 Å². The predicted octanol–water partition coefficient (Wildman–Crippen LogP) is 5.13. The maximum atomic E-state index is 5.81. The number of rotatable bonds is 10. The van der Waals surface area contributed by atoms with Crippen molar-refractivity contribution in [1.29, 1.82) is 0 Å². The number of anilines is 1. The molecule has 0 aliphatic heterocycles. The second-order valence-electron chi connectivity index (χ2n) is 7.40. The molecule has 0 unspecified atom stereocenters. The number of ether oxygens (including phenoxy) is 5. The molecule has 3 aromatic rings. The summed E-state index contributed by atoms with van der Waals surface area (Å²) in [6.07, 6.45) is 0. The van der Waals surface area contributed by atoms with Crippen LogP contribution in [0.3, 0.4) is 0 Å². The molecule has 0 bridgehead atoms. The highest BCUT2D eigenvalue weighted by Gasteiger charge is 2.17. The average molecular weight is 483 g/mol. The number of nitrogens with one attached hydrogen (secondary N) is 1. The summed E-state index contributed by atoms with van der Waals surface area (Å²) in [5.74, 6) is 3.32. The highest BCUT2D eigenvalue weighted by molar-refractivity contribution is 7.80. The van der Waals surface area contributed by atoms with Crippen LogP contribution in [-0.4, -0.2) is 45.6 Å².